The van der Waals surface area contributed by atoms with Crippen molar-refractivity contribution in [2.24, 2.45) is 12.8 Å². The second-order valence-corrected chi connectivity index (χ2v) is 6.12. The first kappa shape index (κ1) is 12.7. The van der Waals surface area contributed by atoms with E-state index in [-0.39, 0.29) is 6.04 Å². The quantitative estimate of drug-likeness (QED) is 0.947. The van der Waals surface area contributed by atoms with Crippen molar-refractivity contribution in [2.45, 2.75) is 26.3 Å². The summed E-state index contributed by atoms with van der Waals surface area (Å²) in [4.78, 5) is 5.35. The lowest BCUT2D eigenvalue weighted by Crippen LogP contribution is -2.14. The summed E-state index contributed by atoms with van der Waals surface area (Å²) >= 11 is 5.21. The number of thiazole rings is 1. The SMILES string of the molecule is Cc1ncc(C(N)Cc2c(Br)c(C)nn2C)s1. The molecule has 0 radical (unpaired) electrons. The van der Waals surface area contributed by atoms with E-state index in [1.165, 1.54) is 0 Å². The highest BCUT2D eigenvalue weighted by atomic mass is 79.9. The van der Waals surface area contributed by atoms with E-state index in [0.29, 0.717) is 0 Å². The molecule has 17 heavy (non-hydrogen) atoms. The summed E-state index contributed by atoms with van der Waals surface area (Å²) < 4.78 is 2.93. The molecule has 0 spiro atoms. The van der Waals surface area contributed by atoms with Crippen molar-refractivity contribution in [1.82, 2.24) is 14.8 Å². The number of aromatic nitrogens is 3. The molecule has 0 bridgehead atoms. The predicted octanol–water partition coefficient (Wildman–Crippen LogP) is 2.50. The Morgan fingerprint density at radius 1 is 1.53 bits per heavy atom. The highest BCUT2D eigenvalue weighted by Gasteiger charge is 2.16. The molecule has 0 aromatic carbocycles. The van der Waals surface area contributed by atoms with Gasteiger partial charge in [-0.25, -0.2) is 4.98 Å². The Morgan fingerprint density at radius 3 is 2.71 bits per heavy atom. The summed E-state index contributed by atoms with van der Waals surface area (Å²) in [6.45, 7) is 3.97. The van der Waals surface area contributed by atoms with Gasteiger partial charge in [-0.05, 0) is 29.8 Å². The van der Waals surface area contributed by atoms with Crippen molar-refractivity contribution < 1.29 is 0 Å². The van der Waals surface area contributed by atoms with Crippen molar-refractivity contribution in [3.63, 3.8) is 0 Å². The Kier molecular flexibility index (Phi) is 3.65. The highest BCUT2D eigenvalue weighted by molar-refractivity contribution is 9.10. The van der Waals surface area contributed by atoms with Gasteiger partial charge in [0.2, 0.25) is 0 Å². The van der Waals surface area contributed by atoms with E-state index in [0.717, 1.165) is 32.2 Å². The minimum Gasteiger partial charge on any atom is -0.323 e. The number of nitrogens with two attached hydrogens (primary N) is 1. The van der Waals surface area contributed by atoms with Gasteiger partial charge in [0.1, 0.15) is 0 Å². The molecule has 6 heteroatoms. The van der Waals surface area contributed by atoms with Crippen LogP contribution < -0.4 is 5.73 Å². The van der Waals surface area contributed by atoms with Gasteiger partial charge in [0.15, 0.2) is 0 Å². The Balaban J connectivity index is 2.21. The normalized spacial score (nSPS) is 13.0. The molecule has 0 fully saturated rings. The molecule has 0 saturated carbocycles. The molecule has 2 aromatic rings. The molecular formula is C11H15BrN4S. The topological polar surface area (TPSA) is 56.7 Å². The summed E-state index contributed by atoms with van der Waals surface area (Å²) in [5.74, 6) is 0. The van der Waals surface area contributed by atoms with Crippen LogP contribution in [0.4, 0.5) is 0 Å². The first-order valence-corrected chi connectivity index (χ1v) is 6.96. The second-order valence-electron chi connectivity index (χ2n) is 4.06. The van der Waals surface area contributed by atoms with Crippen LogP contribution in [-0.2, 0) is 13.5 Å². The van der Waals surface area contributed by atoms with Gasteiger partial charge < -0.3 is 5.73 Å². The Bertz CT molecular complexity index is 532. The number of aryl methyl sites for hydroxylation is 3. The van der Waals surface area contributed by atoms with E-state index >= 15 is 0 Å². The van der Waals surface area contributed by atoms with Crippen LogP contribution in [0.5, 0.6) is 0 Å². The summed E-state index contributed by atoms with van der Waals surface area (Å²) in [6.07, 6.45) is 2.63. The van der Waals surface area contributed by atoms with Crippen molar-refractivity contribution in [2.75, 3.05) is 0 Å². The van der Waals surface area contributed by atoms with Gasteiger partial charge in [-0.15, -0.1) is 11.3 Å². The molecule has 4 nitrogen and oxygen atoms in total. The van der Waals surface area contributed by atoms with Crippen molar-refractivity contribution in [3.05, 3.63) is 31.9 Å². The standard InChI is InChI=1S/C11H15BrN4S/c1-6-11(12)9(16(3)15-6)4-8(13)10-5-14-7(2)17-10/h5,8H,4,13H2,1-3H3. The molecule has 0 aliphatic heterocycles. The largest absolute Gasteiger partial charge is 0.323 e. The smallest absolute Gasteiger partial charge is 0.0897 e. The van der Waals surface area contributed by atoms with Gasteiger partial charge in [0.25, 0.3) is 0 Å². The maximum Gasteiger partial charge on any atom is 0.0897 e. The molecule has 2 rings (SSSR count). The second kappa shape index (κ2) is 4.88. The fraction of sp³-hybridized carbons (Fsp3) is 0.455. The lowest BCUT2D eigenvalue weighted by atomic mass is 10.1. The number of hydrogen-bond acceptors (Lipinski definition) is 4. The predicted molar refractivity (Wildman–Crippen MR) is 73.1 cm³/mol. The third kappa shape index (κ3) is 2.59. The molecule has 92 valence electrons. The van der Waals surface area contributed by atoms with E-state index < -0.39 is 0 Å². The van der Waals surface area contributed by atoms with Crippen LogP contribution in [0.2, 0.25) is 0 Å². The van der Waals surface area contributed by atoms with Crippen LogP contribution in [0.15, 0.2) is 10.7 Å². The zero-order chi connectivity index (χ0) is 12.6. The maximum atomic E-state index is 6.20. The summed E-state index contributed by atoms with van der Waals surface area (Å²) in [5.41, 5.74) is 8.32. The zero-order valence-corrected chi connectivity index (χ0v) is 12.5. The monoisotopic (exact) mass is 314 g/mol. The molecule has 2 heterocycles. The first-order valence-electron chi connectivity index (χ1n) is 5.35. The van der Waals surface area contributed by atoms with E-state index in [9.17, 15) is 0 Å². The molecule has 2 N–H and O–H groups in total. The van der Waals surface area contributed by atoms with E-state index in [4.69, 9.17) is 5.73 Å². The van der Waals surface area contributed by atoms with Crippen LogP contribution in [0.3, 0.4) is 0 Å². The average Bonchev–Trinajstić information content (AvgIpc) is 2.79. The maximum absolute atomic E-state index is 6.20. The molecule has 0 amide bonds. The zero-order valence-electron chi connectivity index (χ0n) is 10.1. The molecule has 1 unspecified atom stereocenters. The van der Waals surface area contributed by atoms with Crippen molar-refractivity contribution >= 4 is 27.3 Å². The molecule has 0 saturated heterocycles. The molecule has 1 atom stereocenters. The van der Waals surface area contributed by atoms with E-state index in [1.807, 2.05) is 31.8 Å². The summed E-state index contributed by atoms with van der Waals surface area (Å²) in [5, 5.41) is 5.42. The molecule has 0 aliphatic carbocycles. The third-order valence-corrected chi connectivity index (χ3v) is 4.76. The van der Waals surface area contributed by atoms with E-state index in [2.05, 4.69) is 26.0 Å². The van der Waals surface area contributed by atoms with Crippen LogP contribution in [0.25, 0.3) is 0 Å². The van der Waals surface area contributed by atoms with Crippen molar-refractivity contribution in [3.8, 4) is 0 Å². The average molecular weight is 315 g/mol. The van der Waals surface area contributed by atoms with Crippen LogP contribution in [0, 0.1) is 13.8 Å². The fourth-order valence-corrected chi connectivity index (χ4v) is 3.04. The molecular weight excluding hydrogens is 300 g/mol. The number of nitrogens with zero attached hydrogens (tertiary/aromatic N) is 3. The van der Waals surface area contributed by atoms with Crippen LogP contribution >= 0.6 is 27.3 Å². The van der Waals surface area contributed by atoms with Crippen LogP contribution in [0.1, 0.15) is 27.3 Å². The van der Waals surface area contributed by atoms with Gasteiger partial charge >= 0.3 is 0 Å². The van der Waals surface area contributed by atoms with Crippen LogP contribution in [-0.4, -0.2) is 14.8 Å². The highest BCUT2D eigenvalue weighted by Crippen LogP contribution is 2.27. The summed E-state index contributed by atoms with van der Waals surface area (Å²) in [7, 11) is 1.94. The van der Waals surface area contributed by atoms with Gasteiger partial charge in [0, 0.05) is 30.6 Å². The Hall–Kier alpha value is -0.720. The number of halogens is 1. The third-order valence-electron chi connectivity index (χ3n) is 2.68. The number of hydrogen-bond donors (Lipinski definition) is 1. The first-order chi connectivity index (χ1) is 7.99. The van der Waals surface area contributed by atoms with Crippen molar-refractivity contribution in [1.29, 1.82) is 0 Å². The van der Waals surface area contributed by atoms with Gasteiger partial charge in [-0.1, -0.05) is 0 Å². The minimum absolute atomic E-state index is 0.0210. The van der Waals surface area contributed by atoms with Gasteiger partial charge in [-0.2, -0.15) is 5.10 Å². The molecule has 0 aliphatic rings. The Morgan fingerprint density at radius 2 is 2.24 bits per heavy atom. The number of rotatable bonds is 3. The Labute approximate surface area is 113 Å². The molecule has 2 aromatic heterocycles. The minimum atomic E-state index is -0.0210. The lowest BCUT2D eigenvalue weighted by Gasteiger charge is -2.09. The van der Waals surface area contributed by atoms with Gasteiger partial charge in [-0.3, -0.25) is 4.68 Å². The van der Waals surface area contributed by atoms with E-state index in [1.54, 1.807) is 11.3 Å². The summed E-state index contributed by atoms with van der Waals surface area (Å²) in [6, 6.07) is -0.0210. The lowest BCUT2D eigenvalue weighted by molar-refractivity contribution is 0.643. The van der Waals surface area contributed by atoms with Gasteiger partial charge in [0.05, 0.1) is 20.9 Å². The fourth-order valence-electron chi connectivity index (χ4n) is 1.76.